The highest BCUT2D eigenvalue weighted by Crippen LogP contribution is 2.09. The Morgan fingerprint density at radius 2 is 2.40 bits per heavy atom. The van der Waals surface area contributed by atoms with Gasteiger partial charge in [-0.25, -0.2) is 4.98 Å². The standard InChI is InChI=1S/C10H17N3OS/c1-7(2)9(3-11)10(14)12-4-8-5-15-6-13-8/h5-7,9H,3-4,11H2,1-2H3,(H,12,14). The van der Waals surface area contributed by atoms with Crippen molar-refractivity contribution in [3.63, 3.8) is 0 Å². The molecule has 0 saturated heterocycles. The minimum Gasteiger partial charge on any atom is -0.350 e. The van der Waals surface area contributed by atoms with Crippen LogP contribution in [0.15, 0.2) is 10.9 Å². The molecule has 1 amide bonds. The molecule has 1 rings (SSSR count). The summed E-state index contributed by atoms with van der Waals surface area (Å²) in [6.45, 7) is 4.88. The number of thiazole rings is 1. The minimum atomic E-state index is -0.108. The van der Waals surface area contributed by atoms with E-state index in [1.165, 1.54) is 11.3 Å². The Labute approximate surface area is 93.9 Å². The van der Waals surface area contributed by atoms with Crippen LogP contribution in [0.4, 0.5) is 0 Å². The fourth-order valence-electron chi connectivity index (χ4n) is 1.32. The molecule has 1 heterocycles. The van der Waals surface area contributed by atoms with E-state index < -0.39 is 0 Å². The average Bonchev–Trinajstić information content (AvgIpc) is 2.67. The maximum atomic E-state index is 11.7. The third-order valence-electron chi connectivity index (χ3n) is 2.32. The second kappa shape index (κ2) is 5.82. The molecule has 1 unspecified atom stereocenters. The Hall–Kier alpha value is -0.940. The lowest BCUT2D eigenvalue weighted by Gasteiger charge is -2.17. The van der Waals surface area contributed by atoms with E-state index in [1.807, 2.05) is 19.2 Å². The molecule has 1 aromatic rings. The van der Waals surface area contributed by atoms with Crippen molar-refractivity contribution in [2.75, 3.05) is 6.54 Å². The van der Waals surface area contributed by atoms with E-state index in [0.29, 0.717) is 13.1 Å². The first-order chi connectivity index (χ1) is 7.15. The molecule has 0 spiro atoms. The second-order valence-electron chi connectivity index (χ2n) is 3.78. The number of carbonyl (C=O) groups is 1. The fourth-order valence-corrected chi connectivity index (χ4v) is 1.87. The van der Waals surface area contributed by atoms with Crippen LogP contribution in [-0.2, 0) is 11.3 Å². The predicted molar refractivity (Wildman–Crippen MR) is 61.3 cm³/mol. The molecule has 0 aliphatic heterocycles. The third kappa shape index (κ3) is 3.60. The lowest BCUT2D eigenvalue weighted by Crippen LogP contribution is -2.37. The largest absolute Gasteiger partial charge is 0.350 e. The summed E-state index contributed by atoms with van der Waals surface area (Å²) in [5.74, 6) is 0.176. The molecule has 15 heavy (non-hydrogen) atoms. The zero-order chi connectivity index (χ0) is 11.3. The molecular formula is C10H17N3OS. The summed E-state index contributed by atoms with van der Waals surface area (Å²) in [5.41, 5.74) is 8.20. The van der Waals surface area contributed by atoms with Gasteiger partial charge < -0.3 is 11.1 Å². The molecular weight excluding hydrogens is 210 g/mol. The van der Waals surface area contributed by atoms with Gasteiger partial charge in [-0.15, -0.1) is 11.3 Å². The molecule has 1 aromatic heterocycles. The lowest BCUT2D eigenvalue weighted by atomic mass is 9.95. The number of carbonyl (C=O) groups excluding carboxylic acids is 1. The topological polar surface area (TPSA) is 68.0 Å². The summed E-state index contributed by atoms with van der Waals surface area (Å²) >= 11 is 1.52. The molecule has 4 nitrogen and oxygen atoms in total. The number of rotatable bonds is 5. The van der Waals surface area contributed by atoms with Crippen LogP contribution in [0.3, 0.4) is 0 Å². The highest BCUT2D eigenvalue weighted by atomic mass is 32.1. The summed E-state index contributed by atoms with van der Waals surface area (Å²) in [5, 5.41) is 4.77. The predicted octanol–water partition coefficient (Wildman–Crippen LogP) is 0.990. The first-order valence-electron chi connectivity index (χ1n) is 5.00. The molecule has 0 bridgehead atoms. The molecule has 3 N–H and O–H groups in total. The molecule has 0 saturated carbocycles. The molecule has 1 atom stereocenters. The van der Waals surface area contributed by atoms with Gasteiger partial charge in [-0.05, 0) is 5.92 Å². The van der Waals surface area contributed by atoms with Gasteiger partial charge in [-0.3, -0.25) is 4.79 Å². The van der Waals surface area contributed by atoms with Crippen molar-refractivity contribution in [2.24, 2.45) is 17.6 Å². The van der Waals surface area contributed by atoms with Crippen molar-refractivity contribution in [3.05, 3.63) is 16.6 Å². The van der Waals surface area contributed by atoms with Crippen molar-refractivity contribution in [1.82, 2.24) is 10.3 Å². The van der Waals surface area contributed by atoms with Gasteiger partial charge in [-0.2, -0.15) is 0 Å². The molecule has 0 aromatic carbocycles. The van der Waals surface area contributed by atoms with Gasteiger partial charge in [0.2, 0.25) is 5.91 Å². The first-order valence-corrected chi connectivity index (χ1v) is 5.94. The van der Waals surface area contributed by atoms with Gasteiger partial charge in [0, 0.05) is 11.9 Å². The van der Waals surface area contributed by atoms with Crippen molar-refractivity contribution < 1.29 is 4.79 Å². The highest BCUT2D eigenvalue weighted by molar-refractivity contribution is 7.07. The number of amides is 1. The quantitative estimate of drug-likeness (QED) is 0.788. The summed E-state index contributed by atoms with van der Waals surface area (Å²) in [6.07, 6.45) is 0. The van der Waals surface area contributed by atoms with E-state index in [-0.39, 0.29) is 17.7 Å². The van der Waals surface area contributed by atoms with Crippen molar-refractivity contribution in [3.8, 4) is 0 Å². The van der Waals surface area contributed by atoms with Crippen LogP contribution >= 0.6 is 11.3 Å². The Morgan fingerprint density at radius 1 is 1.67 bits per heavy atom. The van der Waals surface area contributed by atoms with Crippen molar-refractivity contribution >= 4 is 17.2 Å². The number of hydrogen-bond donors (Lipinski definition) is 2. The van der Waals surface area contributed by atoms with Gasteiger partial charge in [0.15, 0.2) is 0 Å². The molecule has 0 aliphatic carbocycles. The van der Waals surface area contributed by atoms with Crippen LogP contribution in [0.2, 0.25) is 0 Å². The number of nitrogens with one attached hydrogen (secondary N) is 1. The minimum absolute atomic E-state index is 0.0144. The summed E-state index contributed by atoms with van der Waals surface area (Å²) in [4.78, 5) is 15.8. The molecule has 0 aliphatic rings. The second-order valence-corrected chi connectivity index (χ2v) is 4.50. The van der Waals surface area contributed by atoms with Crippen LogP contribution < -0.4 is 11.1 Å². The Balaban J connectivity index is 2.41. The normalized spacial score (nSPS) is 12.8. The number of nitrogens with two attached hydrogens (primary N) is 1. The van der Waals surface area contributed by atoms with Crippen LogP contribution in [-0.4, -0.2) is 17.4 Å². The summed E-state index contributed by atoms with van der Waals surface area (Å²) < 4.78 is 0. The van der Waals surface area contributed by atoms with E-state index in [1.54, 1.807) is 5.51 Å². The zero-order valence-corrected chi connectivity index (χ0v) is 9.88. The maximum Gasteiger partial charge on any atom is 0.224 e. The SMILES string of the molecule is CC(C)C(CN)C(=O)NCc1cscn1. The number of aromatic nitrogens is 1. The van der Waals surface area contributed by atoms with E-state index in [9.17, 15) is 4.79 Å². The molecule has 5 heteroatoms. The van der Waals surface area contributed by atoms with Gasteiger partial charge in [0.05, 0.1) is 23.7 Å². The van der Waals surface area contributed by atoms with Gasteiger partial charge >= 0.3 is 0 Å². The summed E-state index contributed by atoms with van der Waals surface area (Å²) in [7, 11) is 0. The molecule has 0 radical (unpaired) electrons. The van der Waals surface area contributed by atoms with Gasteiger partial charge in [-0.1, -0.05) is 13.8 Å². The Kier molecular flexibility index (Phi) is 4.71. The van der Waals surface area contributed by atoms with Crippen LogP contribution in [0.25, 0.3) is 0 Å². The lowest BCUT2D eigenvalue weighted by molar-refractivity contribution is -0.126. The maximum absolute atomic E-state index is 11.7. The Morgan fingerprint density at radius 3 is 2.87 bits per heavy atom. The van der Waals surface area contributed by atoms with Crippen LogP contribution in [0.5, 0.6) is 0 Å². The Bertz CT molecular complexity index is 298. The van der Waals surface area contributed by atoms with E-state index in [2.05, 4.69) is 10.3 Å². The van der Waals surface area contributed by atoms with Gasteiger partial charge in [0.25, 0.3) is 0 Å². The molecule has 84 valence electrons. The smallest absolute Gasteiger partial charge is 0.224 e. The van der Waals surface area contributed by atoms with Crippen LogP contribution in [0.1, 0.15) is 19.5 Å². The van der Waals surface area contributed by atoms with E-state index >= 15 is 0 Å². The fraction of sp³-hybridized carbons (Fsp3) is 0.600. The van der Waals surface area contributed by atoms with Crippen molar-refractivity contribution in [1.29, 1.82) is 0 Å². The number of hydrogen-bond acceptors (Lipinski definition) is 4. The molecule has 0 fully saturated rings. The first kappa shape index (κ1) is 12.1. The third-order valence-corrected chi connectivity index (χ3v) is 2.96. The van der Waals surface area contributed by atoms with E-state index in [4.69, 9.17) is 5.73 Å². The zero-order valence-electron chi connectivity index (χ0n) is 9.06. The monoisotopic (exact) mass is 227 g/mol. The highest BCUT2D eigenvalue weighted by Gasteiger charge is 2.19. The van der Waals surface area contributed by atoms with Crippen molar-refractivity contribution in [2.45, 2.75) is 20.4 Å². The van der Waals surface area contributed by atoms with Gasteiger partial charge in [0.1, 0.15) is 0 Å². The average molecular weight is 227 g/mol. The van der Waals surface area contributed by atoms with Crippen LogP contribution in [0, 0.1) is 11.8 Å². The number of nitrogens with zero attached hydrogens (tertiary/aromatic N) is 1. The summed E-state index contributed by atoms with van der Waals surface area (Å²) in [6, 6.07) is 0. The van der Waals surface area contributed by atoms with E-state index in [0.717, 1.165) is 5.69 Å².